The molecule has 0 atom stereocenters. The molecule has 0 saturated heterocycles. The molecular weight excluding hydrogens is 354 g/mol. The second kappa shape index (κ2) is 7.26. The second-order valence-corrected chi connectivity index (χ2v) is 7.29. The zero-order chi connectivity index (χ0) is 17.2. The third kappa shape index (κ3) is 3.11. The molecule has 3 nitrogen and oxygen atoms in total. The molecule has 0 aliphatic carbocycles. The van der Waals surface area contributed by atoms with Gasteiger partial charge in [0.15, 0.2) is 0 Å². The standard InChI is InChI=1S/C20H18ClNO2S/c21-17-5-4-14-16(11-13-3-1-9-24-20(13)14)19-15(17)6-10-25-18(19)12-23-8-2-7-22/h1,3-6,9-11H,2,7-8,12,22H2. The van der Waals surface area contributed by atoms with Crippen LogP contribution in [0.3, 0.4) is 0 Å². The Morgan fingerprint density at radius 3 is 3.00 bits per heavy atom. The lowest BCUT2D eigenvalue weighted by atomic mass is 10.1. The molecule has 128 valence electrons. The van der Waals surface area contributed by atoms with Crippen LogP contribution in [0.1, 0.15) is 12.0 Å². The van der Waals surface area contributed by atoms with Gasteiger partial charge in [0.2, 0.25) is 0 Å². The van der Waals surface area contributed by atoms with Crippen LogP contribution in [0.25, 0.3) is 32.7 Å². The summed E-state index contributed by atoms with van der Waals surface area (Å²) in [5.74, 6) is 0. The minimum atomic E-state index is 0.552. The smallest absolute Gasteiger partial charge is 0.141 e. The first-order chi connectivity index (χ1) is 12.3. The van der Waals surface area contributed by atoms with Crippen molar-refractivity contribution in [1.29, 1.82) is 0 Å². The lowest BCUT2D eigenvalue weighted by Crippen LogP contribution is -2.15. The van der Waals surface area contributed by atoms with Gasteiger partial charge in [0.25, 0.3) is 0 Å². The van der Waals surface area contributed by atoms with Crippen molar-refractivity contribution < 1.29 is 9.15 Å². The lowest BCUT2D eigenvalue weighted by molar-refractivity contribution is 0.167. The maximum absolute atomic E-state index is 6.55. The average molecular weight is 372 g/mol. The summed E-state index contributed by atoms with van der Waals surface area (Å²) < 4.78 is 11.6. The van der Waals surface area contributed by atoms with Crippen molar-refractivity contribution >= 4 is 56.1 Å². The number of rotatable bonds is 5. The SMILES string of the molecule is NCCCOCC1=c2c(c(Cl)ccc3c2cc2cccoc23)C=CS1. The number of fused-ring (bicyclic) bond motifs is 5. The van der Waals surface area contributed by atoms with E-state index in [4.69, 9.17) is 26.5 Å². The average Bonchev–Trinajstić information content (AvgIpc) is 2.94. The molecule has 0 radical (unpaired) electrons. The quantitative estimate of drug-likeness (QED) is 0.660. The largest absolute Gasteiger partial charge is 0.464 e. The van der Waals surface area contributed by atoms with E-state index in [0.717, 1.165) is 48.9 Å². The highest BCUT2D eigenvalue weighted by molar-refractivity contribution is 8.10. The number of nitrogens with two attached hydrogens (primary N) is 1. The van der Waals surface area contributed by atoms with Crippen LogP contribution in [-0.2, 0) is 4.74 Å². The molecular formula is C20H18ClNO2S. The van der Waals surface area contributed by atoms with E-state index >= 15 is 0 Å². The second-order valence-electron chi connectivity index (χ2n) is 5.88. The van der Waals surface area contributed by atoms with Crippen LogP contribution in [0.15, 0.2) is 46.4 Å². The van der Waals surface area contributed by atoms with Gasteiger partial charge >= 0.3 is 0 Å². The summed E-state index contributed by atoms with van der Waals surface area (Å²) in [5.41, 5.74) is 7.46. The Morgan fingerprint density at radius 2 is 2.12 bits per heavy atom. The van der Waals surface area contributed by atoms with Crippen molar-refractivity contribution in [2.24, 2.45) is 5.73 Å². The molecule has 2 aromatic carbocycles. The zero-order valence-corrected chi connectivity index (χ0v) is 15.2. The predicted molar refractivity (Wildman–Crippen MR) is 107 cm³/mol. The number of thioether (sulfide) groups is 1. The molecule has 1 aromatic heterocycles. The minimum absolute atomic E-state index is 0.552. The van der Waals surface area contributed by atoms with Crippen LogP contribution in [0.5, 0.6) is 0 Å². The van der Waals surface area contributed by atoms with E-state index in [1.54, 1.807) is 18.0 Å². The number of halogens is 1. The maximum Gasteiger partial charge on any atom is 0.141 e. The van der Waals surface area contributed by atoms with Crippen molar-refractivity contribution in [3.8, 4) is 0 Å². The fourth-order valence-electron chi connectivity index (χ4n) is 3.13. The Labute approximate surface area is 155 Å². The van der Waals surface area contributed by atoms with Gasteiger partial charge in [-0.2, -0.15) is 0 Å². The van der Waals surface area contributed by atoms with Gasteiger partial charge in [-0.25, -0.2) is 0 Å². The first-order valence-corrected chi connectivity index (χ1v) is 9.48. The third-order valence-electron chi connectivity index (χ3n) is 4.28. The maximum atomic E-state index is 6.55. The van der Waals surface area contributed by atoms with E-state index < -0.39 is 0 Å². The van der Waals surface area contributed by atoms with Crippen LogP contribution < -0.4 is 11.0 Å². The lowest BCUT2D eigenvalue weighted by Gasteiger charge is -2.11. The first kappa shape index (κ1) is 16.7. The van der Waals surface area contributed by atoms with Gasteiger partial charge < -0.3 is 14.9 Å². The summed E-state index contributed by atoms with van der Waals surface area (Å²) in [7, 11) is 0. The fourth-order valence-corrected chi connectivity index (χ4v) is 4.21. The zero-order valence-electron chi connectivity index (χ0n) is 13.6. The van der Waals surface area contributed by atoms with Crippen molar-refractivity contribution in [3.05, 3.63) is 57.8 Å². The molecule has 5 heteroatoms. The van der Waals surface area contributed by atoms with Crippen molar-refractivity contribution in [2.75, 3.05) is 19.8 Å². The predicted octanol–water partition coefficient (Wildman–Crippen LogP) is 4.71. The molecule has 0 unspecified atom stereocenters. The molecule has 1 aliphatic rings. The highest BCUT2D eigenvalue weighted by Crippen LogP contribution is 2.32. The number of hydrogen-bond donors (Lipinski definition) is 1. The molecule has 2 N–H and O–H groups in total. The van der Waals surface area contributed by atoms with Gasteiger partial charge in [-0.15, -0.1) is 0 Å². The van der Waals surface area contributed by atoms with Crippen molar-refractivity contribution in [2.45, 2.75) is 6.42 Å². The molecule has 0 amide bonds. The summed E-state index contributed by atoms with van der Waals surface area (Å²) in [5, 5.41) is 7.22. The molecule has 0 spiro atoms. The summed E-state index contributed by atoms with van der Waals surface area (Å²) in [6, 6.07) is 10.1. The van der Waals surface area contributed by atoms with Crippen LogP contribution >= 0.6 is 23.4 Å². The van der Waals surface area contributed by atoms with Crippen LogP contribution in [0.2, 0.25) is 5.02 Å². The Morgan fingerprint density at radius 1 is 1.20 bits per heavy atom. The minimum Gasteiger partial charge on any atom is -0.464 e. The molecule has 0 bridgehead atoms. The van der Waals surface area contributed by atoms with Crippen LogP contribution in [0.4, 0.5) is 0 Å². The van der Waals surface area contributed by atoms with Gasteiger partial charge in [0.1, 0.15) is 5.58 Å². The van der Waals surface area contributed by atoms with Gasteiger partial charge in [-0.3, -0.25) is 0 Å². The van der Waals surface area contributed by atoms with E-state index in [9.17, 15) is 0 Å². The van der Waals surface area contributed by atoms with E-state index in [1.165, 1.54) is 0 Å². The summed E-state index contributed by atoms with van der Waals surface area (Å²) in [6.45, 7) is 1.85. The number of ether oxygens (including phenoxy) is 1. The van der Waals surface area contributed by atoms with Crippen molar-refractivity contribution in [1.82, 2.24) is 0 Å². The molecule has 3 aromatic rings. The fraction of sp³-hybridized carbons (Fsp3) is 0.200. The third-order valence-corrected chi connectivity index (χ3v) is 5.49. The topological polar surface area (TPSA) is 48.4 Å². The highest BCUT2D eigenvalue weighted by atomic mass is 35.5. The first-order valence-electron chi connectivity index (χ1n) is 8.22. The molecule has 2 heterocycles. The summed E-state index contributed by atoms with van der Waals surface area (Å²) in [6.07, 6.45) is 4.64. The van der Waals surface area contributed by atoms with Gasteiger partial charge in [0, 0.05) is 38.1 Å². The Balaban J connectivity index is 2.00. The van der Waals surface area contributed by atoms with E-state index in [0.29, 0.717) is 19.8 Å². The van der Waals surface area contributed by atoms with Gasteiger partial charge in [-0.1, -0.05) is 23.4 Å². The van der Waals surface area contributed by atoms with E-state index in [1.807, 2.05) is 18.2 Å². The summed E-state index contributed by atoms with van der Waals surface area (Å²) >= 11 is 8.24. The molecule has 0 saturated carbocycles. The van der Waals surface area contributed by atoms with Gasteiger partial charge in [0.05, 0.1) is 12.9 Å². The van der Waals surface area contributed by atoms with Crippen molar-refractivity contribution in [3.63, 3.8) is 0 Å². The molecule has 4 rings (SSSR count). The Kier molecular flexibility index (Phi) is 4.86. The highest BCUT2D eigenvalue weighted by Gasteiger charge is 2.15. The normalized spacial score (nSPS) is 13.6. The molecule has 0 fully saturated rings. The molecule has 1 aliphatic heterocycles. The number of hydrogen-bond acceptors (Lipinski definition) is 4. The van der Waals surface area contributed by atoms with Crippen LogP contribution in [-0.4, -0.2) is 19.8 Å². The van der Waals surface area contributed by atoms with E-state index in [-0.39, 0.29) is 0 Å². The van der Waals surface area contributed by atoms with Gasteiger partial charge in [-0.05, 0) is 60.2 Å². The van der Waals surface area contributed by atoms with E-state index in [2.05, 4.69) is 23.6 Å². The summed E-state index contributed by atoms with van der Waals surface area (Å²) in [4.78, 5) is 1.16. The Hall–Kier alpha value is -1.72. The molecule has 25 heavy (non-hydrogen) atoms. The Bertz CT molecular complexity index is 1040. The van der Waals surface area contributed by atoms with Crippen LogP contribution in [0, 0.1) is 0 Å². The monoisotopic (exact) mass is 371 g/mol.